The summed E-state index contributed by atoms with van der Waals surface area (Å²) in [6.07, 6.45) is 0.609. The van der Waals surface area contributed by atoms with Crippen molar-refractivity contribution in [3.63, 3.8) is 0 Å². The van der Waals surface area contributed by atoms with Gasteiger partial charge in [-0.2, -0.15) is 0 Å². The van der Waals surface area contributed by atoms with Crippen LogP contribution in [0.3, 0.4) is 0 Å². The van der Waals surface area contributed by atoms with Gasteiger partial charge in [-0.15, -0.1) is 6.58 Å². The summed E-state index contributed by atoms with van der Waals surface area (Å²) >= 11 is 0. The molecule has 0 heterocycles. The summed E-state index contributed by atoms with van der Waals surface area (Å²) in [5.41, 5.74) is 4.69. The van der Waals surface area contributed by atoms with Gasteiger partial charge in [0.15, 0.2) is 0 Å². The monoisotopic (exact) mass is 115 g/mol. The molecule has 0 fully saturated rings. The summed E-state index contributed by atoms with van der Waals surface area (Å²) in [6.45, 7) is 3.32. The highest BCUT2D eigenvalue weighted by molar-refractivity contribution is 5.78. The predicted octanol–water partition coefficient (Wildman–Crippen LogP) is -0.591. The molecule has 1 atom stereocenters. The van der Waals surface area contributed by atoms with E-state index in [1.807, 2.05) is 0 Å². The van der Waals surface area contributed by atoms with Crippen molar-refractivity contribution in [1.29, 1.82) is 0 Å². The van der Waals surface area contributed by atoms with Crippen molar-refractivity contribution in [3.05, 3.63) is 12.7 Å². The van der Waals surface area contributed by atoms with Gasteiger partial charge >= 0.3 is 0 Å². The molecular weight excluding hydrogens is 106 g/mol. The van der Waals surface area contributed by atoms with E-state index in [9.17, 15) is 4.79 Å². The van der Waals surface area contributed by atoms with Gasteiger partial charge in [0.1, 0.15) is 6.10 Å². The largest absolute Gasteiger partial charge is 0.383 e. The fourth-order valence-electron chi connectivity index (χ4n) is 0.274. The number of carbonyl (C=O) groups excluding carboxylic acids is 1. The normalized spacial score (nSPS) is 12.6. The van der Waals surface area contributed by atoms with Crippen molar-refractivity contribution in [1.82, 2.24) is 0 Å². The van der Waals surface area contributed by atoms with Crippen LogP contribution in [0.2, 0.25) is 0 Å². The number of rotatable bonds is 3. The van der Waals surface area contributed by atoms with Crippen LogP contribution in [0.15, 0.2) is 12.7 Å². The second kappa shape index (κ2) is 3.21. The van der Waals surface area contributed by atoms with Gasteiger partial charge < -0.3 is 10.8 Å². The molecule has 1 amide bonds. The molecule has 0 saturated carbocycles. The highest BCUT2D eigenvalue weighted by atomic mass is 16.3. The number of amides is 1. The highest BCUT2D eigenvalue weighted by Gasteiger charge is 2.05. The van der Waals surface area contributed by atoms with E-state index in [4.69, 9.17) is 5.11 Å². The Kier molecular flexibility index (Phi) is 2.88. The molecule has 46 valence electrons. The van der Waals surface area contributed by atoms with E-state index in [0.29, 0.717) is 0 Å². The van der Waals surface area contributed by atoms with Gasteiger partial charge in [-0.25, -0.2) is 0 Å². The molecule has 0 bridgehead atoms. The van der Waals surface area contributed by atoms with Crippen LogP contribution in [0.1, 0.15) is 6.42 Å². The smallest absolute Gasteiger partial charge is 0.246 e. The van der Waals surface area contributed by atoms with E-state index in [-0.39, 0.29) is 6.42 Å². The zero-order valence-electron chi connectivity index (χ0n) is 4.50. The first-order valence-corrected chi connectivity index (χ1v) is 2.26. The summed E-state index contributed by atoms with van der Waals surface area (Å²) in [5, 5.41) is 8.58. The number of aliphatic hydroxyl groups is 1. The molecule has 0 aromatic carbocycles. The first kappa shape index (κ1) is 7.17. The van der Waals surface area contributed by atoms with Crippen LogP contribution in [0, 0.1) is 0 Å². The molecule has 0 aromatic heterocycles. The second-order valence-corrected chi connectivity index (χ2v) is 1.44. The van der Waals surface area contributed by atoms with Gasteiger partial charge in [-0.3, -0.25) is 4.79 Å². The molecular formula is C5H9NO2. The Labute approximate surface area is 47.8 Å². The number of hydrogen-bond donors (Lipinski definition) is 2. The molecule has 8 heavy (non-hydrogen) atoms. The van der Waals surface area contributed by atoms with Crippen LogP contribution < -0.4 is 5.73 Å². The van der Waals surface area contributed by atoms with Gasteiger partial charge in [0.25, 0.3) is 0 Å². The van der Waals surface area contributed by atoms with Gasteiger partial charge in [-0.1, -0.05) is 6.08 Å². The van der Waals surface area contributed by atoms with E-state index in [0.717, 1.165) is 0 Å². The van der Waals surface area contributed by atoms with Gasteiger partial charge in [0, 0.05) is 6.42 Å². The van der Waals surface area contributed by atoms with Crippen molar-refractivity contribution >= 4 is 5.91 Å². The molecule has 0 aliphatic heterocycles. The lowest BCUT2D eigenvalue weighted by molar-refractivity contribution is -0.125. The van der Waals surface area contributed by atoms with Crippen LogP contribution in [0.4, 0.5) is 0 Å². The van der Waals surface area contributed by atoms with E-state index >= 15 is 0 Å². The average Bonchev–Trinajstić information content (AvgIpc) is 1.67. The van der Waals surface area contributed by atoms with Crippen molar-refractivity contribution < 1.29 is 9.90 Å². The number of aliphatic hydroxyl groups excluding tert-OH is 1. The molecule has 1 unspecified atom stereocenters. The third-order valence-electron chi connectivity index (χ3n) is 0.718. The molecule has 0 aromatic rings. The average molecular weight is 115 g/mol. The number of carbonyl (C=O) groups is 1. The molecule has 0 aliphatic rings. The minimum atomic E-state index is -1.06. The molecule has 3 heteroatoms. The van der Waals surface area contributed by atoms with Crippen molar-refractivity contribution in [3.8, 4) is 0 Å². The fraction of sp³-hybridized carbons (Fsp3) is 0.400. The minimum absolute atomic E-state index is 0.231. The Morgan fingerprint density at radius 2 is 2.50 bits per heavy atom. The Balaban J connectivity index is 3.46. The Hall–Kier alpha value is -0.830. The lowest BCUT2D eigenvalue weighted by Gasteiger charge is -1.98. The third kappa shape index (κ3) is 2.36. The number of primary amides is 1. The van der Waals surface area contributed by atoms with Gasteiger partial charge in [-0.05, 0) is 0 Å². The lowest BCUT2D eigenvalue weighted by Crippen LogP contribution is -2.27. The summed E-state index contributed by atoms with van der Waals surface area (Å²) in [5.74, 6) is -0.704. The van der Waals surface area contributed by atoms with Crippen LogP contribution >= 0.6 is 0 Å². The van der Waals surface area contributed by atoms with Crippen molar-refractivity contribution in [2.45, 2.75) is 12.5 Å². The highest BCUT2D eigenvalue weighted by Crippen LogP contribution is 1.88. The van der Waals surface area contributed by atoms with Gasteiger partial charge in [0.05, 0.1) is 0 Å². The van der Waals surface area contributed by atoms with Crippen LogP contribution in [-0.2, 0) is 4.79 Å². The summed E-state index contributed by atoms with van der Waals surface area (Å²) in [6, 6.07) is 0. The van der Waals surface area contributed by atoms with E-state index in [1.54, 1.807) is 0 Å². The van der Waals surface area contributed by atoms with Crippen molar-refractivity contribution in [2.24, 2.45) is 5.73 Å². The fourth-order valence-corrected chi connectivity index (χ4v) is 0.274. The quantitative estimate of drug-likeness (QED) is 0.483. The maximum absolute atomic E-state index is 10.0. The molecule has 3 nitrogen and oxygen atoms in total. The maximum atomic E-state index is 10.0. The standard InChI is InChI=1S/C5H9NO2/c1-2-3-4(7)5(6)8/h2,4,7H,1,3H2,(H2,6,8). The van der Waals surface area contributed by atoms with Crippen molar-refractivity contribution in [2.75, 3.05) is 0 Å². The molecule has 0 spiro atoms. The SMILES string of the molecule is C=CCC(O)C(N)=O. The van der Waals surface area contributed by atoms with E-state index in [1.165, 1.54) is 6.08 Å². The van der Waals surface area contributed by atoms with E-state index < -0.39 is 12.0 Å². The van der Waals surface area contributed by atoms with Crippen LogP contribution in [0.5, 0.6) is 0 Å². The summed E-state index contributed by atoms with van der Waals surface area (Å²) in [4.78, 5) is 10.0. The minimum Gasteiger partial charge on any atom is -0.383 e. The molecule has 0 rings (SSSR count). The van der Waals surface area contributed by atoms with Crippen LogP contribution in [-0.4, -0.2) is 17.1 Å². The Morgan fingerprint density at radius 1 is 2.00 bits per heavy atom. The second-order valence-electron chi connectivity index (χ2n) is 1.44. The topological polar surface area (TPSA) is 63.3 Å². The number of nitrogens with two attached hydrogens (primary N) is 1. The summed E-state index contributed by atoms with van der Waals surface area (Å²) < 4.78 is 0. The third-order valence-corrected chi connectivity index (χ3v) is 0.718. The maximum Gasteiger partial charge on any atom is 0.246 e. The zero-order chi connectivity index (χ0) is 6.57. The Bertz CT molecular complexity index is 101. The van der Waals surface area contributed by atoms with Gasteiger partial charge in [0.2, 0.25) is 5.91 Å². The van der Waals surface area contributed by atoms with E-state index in [2.05, 4.69) is 12.3 Å². The molecule has 0 saturated heterocycles. The zero-order valence-corrected chi connectivity index (χ0v) is 4.50. The van der Waals surface area contributed by atoms with Crippen LogP contribution in [0.25, 0.3) is 0 Å². The molecule has 3 N–H and O–H groups in total. The number of hydrogen-bond acceptors (Lipinski definition) is 2. The predicted molar refractivity (Wildman–Crippen MR) is 30.0 cm³/mol. The Morgan fingerprint density at radius 3 is 2.62 bits per heavy atom. The molecule has 0 aliphatic carbocycles. The first-order valence-electron chi connectivity index (χ1n) is 2.26. The summed E-state index contributed by atoms with van der Waals surface area (Å²) in [7, 11) is 0. The molecule has 0 radical (unpaired) electrons. The first-order chi connectivity index (χ1) is 3.68. The lowest BCUT2D eigenvalue weighted by atomic mass is 10.2.